The van der Waals surface area contributed by atoms with Gasteiger partial charge in [0.05, 0.1) is 12.8 Å². The van der Waals surface area contributed by atoms with Gasteiger partial charge in [0.15, 0.2) is 5.71 Å². The third kappa shape index (κ3) is 4.60. The van der Waals surface area contributed by atoms with Crippen molar-refractivity contribution in [1.82, 2.24) is 9.78 Å². The van der Waals surface area contributed by atoms with Crippen molar-refractivity contribution >= 4 is 11.7 Å². The number of carbonyl (C=O) groups is 1. The molecule has 3 rings (SSSR count). The van der Waals surface area contributed by atoms with Gasteiger partial charge in [-0.3, -0.25) is 0 Å². The first-order chi connectivity index (χ1) is 14.9. The molecule has 0 saturated carbocycles. The molecule has 0 spiro atoms. The largest absolute Gasteiger partial charge is 0.473 e. The number of benzene rings is 2. The van der Waals surface area contributed by atoms with E-state index in [1.54, 1.807) is 10.7 Å². The van der Waals surface area contributed by atoms with Gasteiger partial charge in [0.2, 0.25) is 5.88 Å². The summed E-state index contributed by atoms with van der Waals surface area (Å²) in [5.74, 6) is 0.0798. The van der Waals surface area contributed by atoms with Crippen molar-refractivity contribution in [1.29, 1.82) is 0 Å². The molecule has 1 aromatic heterocycles. The lowest BCUT2D eigenvalue weighted by Gasteiger charge is -2.12. The summed E-state index contributed by atoms with van der Waals surface area (Å²) in [5.41, 5.74) is 6.74. The number of aromatic nitrogens is 2. The fourth-order valence-corrected chi connectivity index (χ4v) is 3.56. The maximum Gasteiger partial charge on any atom is 0.360 e. The standard InChI is InChI=1S/C24H27N3O4/c1-15-11-12-19(16(2)13-15)21-17(3)23(27(4)25-21)31-14-18-9-7-8-10-20(18)22(26-30-6)24(28)29-5/h7-13H,14H2,1-6H3/b26-22+. The Bertz CT molecular complexity index is 1130. The number of hydrogen-bond donors (Lipinski definition) is 0. The number of ether oxygens (including phenoxy) is 2. The molecular formula is C24H27N3O4. The van der Waals surface area contributed by atoms with Gasteiger partial charge in [0, 0.05) is 23.7 Å². The van der Waals surface area contributed by atoms with Crippen molar-refractivity contribution in [3.8, 4) is 17.1 Å². The van der Waals surface area contributed by atoms with Gasteiger partial charge in [-0.05, 0) is 31.9 Å². The smallest absolute Gasteiger partial charge is 0.360 e. The third-order valence-electron chi connectivity index (χ3n) is 5.06. The molecule has 0 aliphatic rings. The number of oxime groups is 1. The highest BCUT2D eigenvalue weighted by Gasteiger charge is 2.21. The van der Waals surface area contributed by atoms with Crippen LogP contribution in [0.15, 0.2) is 47.6 Å². The minimum absolute atomic E-state index is 0.0851. The number of nitrogens with zero attached hydrogens (tertiary/aromatic N) is 3. The Kier molecular flexibility index (Phi) is 6.74. The molecule has 0 fully saturated rings. The van der Waals surface area contributed by atoms with Crippen LogP contribution in [0, 0.1) is 20.8 Å². The van der Waals surface area contributed by atoms with E-state index >= 15 is 0 Å². The Hall–Kier alpha value is -3.61. The van der Waals surface area contributed by atoms with Crippen molar-refractivity contribution < 1.29 is 19.1 Å². The van der Waals surface area contributed by atoms with Crippen LogP contribution >= 0.6 is 0 Å². The van der Waals surface area contributed by atoms with Crippen molar-refractivity contribution in [3.63, 3.8) is 0 Å². The lowest BCUT2D eigenvalue weighted by Crippen LogP contribution is -2.20. The normalized spacial score (nSPS) is 11.4. The summed E-state index contributed by atoms with van der Waals surface area (Å²) in [4.78, 5) is 17.0. The molecule has 0 saturated heterocycles. The molecular weight excluding hydrogens is 394 g/mol. The minimum Gasteiger partial charge on any atom is -0.473 e. The van der Waals surface area contributed by atoms with Crippen molar-refractivity contribution in [3.05, 3.63) is 70.3 Å². The van der Waals surface area contributed by atoms with E-state index in [0.717, 1.165) is 27.9 Å². The molecule has 31 heavy (non-hydrogen) atoms. The maximum atomic E-state index is 12.2. The van der Waals surface area contributed by atoms with Gasteiger partial charge in [0.1, 0.15) is 13.7 Å². The van der Waals surface area contributed by atoms with Crippen molar-refractivity contribution in [2.24, 2.45) is 12.2 Å². The molecule has 0 N–H and O–H groups in total. The van der Waals surface area contributed by atoms with Crippen LogP contribution < -0.4 is 4.74 Å². The lowest BCUT2D eigenvalue weighted by molar-refractivity contribution is -0.132. The van der Waals surface area contributed by atoms with E-state index in [1.807, 2.05) is 32.2 Å². The van der Waals surface area contributed by atoms with E-state index in [-0.39, 0.29) is 12.3 Å². The topological polar surface area (TPSA) is 74.9 Å². The fourth-order valence-electron chi connectivity index (χ4n) is 3.56. The zero-order chi connectivity index (χ0) is 22.5. The van der Waals surface area contributed by atoms with Crippen LogP contribution in [0.4, 0.5) is 0 Å². The van der Waals surface area contributed by atoms with Gasteiger partial charge in [-0.2, -0.15) is 5.10 Å². The first-order valence-electron chi connectivity index (χ1n) is 9.89. The highest BCUT2D eigenvalue weighted by molar-refractivity contribution is 6.43. The molecule has 1 heterocycles. The Morgan fingerprint density at radius 2 is 1.84 bits per heavy atom. The Morgan fingerprint density at radius 3 is 2.52 bits per heavy atom. The van der Waals surface area contributed by atoms with Gasteiger partial charge in [-0.1, -0.05) is 53.2 Å². The molecule has 0 amide bonds. The summed E-state index contributed by atoms with van der Waals surface area (Å²) < 4.78 is 12.7. The third-order valence-corrected chi connectivity index (χ3v) is 5.06. The van der Waals surface area contributed by atoms with Crippen LogP contribution in [0.1, 0.15) is 27.8 Å². The monoisotopic (exact) mass is 421 g/mol. The average Bonchev–Trinajstić information content (AvgIpc) is 3.03. The number of carbonyl (C=O) groups excluding carboxylic acids is 1. The number of hydrogen-bond acceptors (Lipinski definition) is 6. The second-order valence-corrected chi connectivity index (χ2v) is 7.28. The van der Waals surface area contributed by atoms with Gasteiger partial charge in [0.25, 0.3) is 0 Å². The lowest BCUT2D eigenvalue weighted by atomic mass is 10.0. The number of methoxy groups -OCH3 is 1. The SMILES string of the molecule is CO/N=C(/C(=O)OC)c1ccccc1COc1c(C)c(-c2ccc(C)cc2C)nn1C. The van der Waals surface area contributed by atoms with Crippen LogP contribution in [0.3, 0.4) is 0 Å². The van der Waals surface area contributed by atoms with Gasteiger partial charge >= 0.3 is 5.97 Å². The van der Waals surface area contributed by atoms with Crippen LogP contribution in [0.2, 0.25) is 0 Å². The van der Waals surface area contributed by atoms with E-state index in [0.29, 0.717) is 11.4 Å². The second-order valence-electron chi connectivity index (χ2n) is 7.28. The first kappa shape index (κ1) is 22.1. The summed E-state index contributed by atoms with van der Waals surface area (Å²) in [6, 6.07) is 13.7. The molecule has 7 nitrogen and oxygen atoms in total. The predicted octanol–water partition coefficient (Wildman–Crippen LogP) is 4.11. The van der Waals surface area contributed by atoms with Crippen molar-refractivity contribution in [2.45, 2.75) is 27.4 Å². The highest BCUT2D eigenvalue weighted by Crippen LogP contribution is 2.32. The molecule has 7 heteroatoms. The predicted molar refractivity (Wildman–Crippen MR) is 119 cm³/mol. The van der Waals surface area contributed by atoms with Gasteiger partial charge in [-0.15, -0.1) is 0 Å². The van der Waals surface area contributed by atoms with E-state index in [2.05, 4.69) is 42.3 Å². The summed E-state index contributed by atoms with van der Waals surface area (Å²) in [6.45, 7) is 6.37. The van der Waals surface area contributed by atoms with Crippen LogP contribution in [0.5, 0.6) is 5.88 Å². The quantitative estimate of drug-likeness (QED) is 0.326. The summed E-state index contributed by atoms with van der Waals surface area (Å²) >= 11 is 0. The summed E-state index contributed by atoms with van der Waals surface area (Å²) in [6.07, 6.45) is 0. The van der Waals surface area contributed by atoms with E-state index in [9.17, 15) is 4.79 Å². The van der Waals surface area contributed by atoms with Crippen LogP contribution in [0.25, 0.3) is 11.3 Å². The molecule has 2 aromatic carbocycles. The van der Waals surface area contributed by atoms with Crippen LogP contribution in [-0.2, 0) is 28.0 Å². The zero-order valence-corrected chi connectivity index (χ0v) is 18.7. The first-order valence-corrected chi connectivity index (χ1v) is 9.89. The number of aryl methyl sites for hydroxylation is 3. The Balaban J connectivity index is 1.92. The van der Waals surface area contributed by atoms with E-state index in [4.69, 9.17) is 14.3 Å². The second kappa shape index (κ2) is 9.47. The molecule has 0 bridgehead atoms. The molecule has 0 unspecified atom stereocenters. The van der Waals surface area contributed by atoms with Gasteiger partial charge in [-0.25, -0.2) is 9.48 Å². The maximum absolute atomic E-state index is 12.2. The molecule has 3 aromatic rings. The molecule has 0 radical (unpaired) electrons. The van der Waals surface area contributed by atoms with Crippen molar-refractivity contribution in [2.75, 3.05) is 14.2 Å². The zero-order valence-electron chi connectivity index (χ0n) is 18.7. The Morgan fingerprint density at radius 1 is 1.10 bits per heavy atom. The van der Waals surface area contributed by atoms with E-state index < -0.39 is 5.97 Å². The minimum atomic E-state index is -0.580. The molecule has 0 aliphatic heterocycles. The number of rotatable bonds is 7. The molecule has 0 aliphatic carbocycles. The summed E-state index contributed by atoms with van der Waals surface area (Å²) in [7, 11) is 4.55. The van der Waals surface area contributed by atoms with E-state index in [1.165, 1.54) is 19.8 Å². The average molecular weight is 421 g/mol. The highest BCUT2D eigenvalue weighted by atomic mass is 16.6. The number of esters is 1. The fraction of sp³-hybridized carbons (Fsp3) is 0.292. The summed E-state index contributed by atoms with van der Waals surface area (Å²) in [5, 5.41) is 8.53. The van der Waals surface area contributed by atoms with Crippen LogP contribution in [-0.4, -0.2) is 35.7 Å². The molecule has 0 atom stereocenters. The van der Waals surface area contributed by atoms with Gasteiger partial charge < -0.3 is 14.3 Å². The molecule has 162 valence electrons. The Labute approximate surface area is 182 Å².